The molecule has 0 aromatic heterocycles. The number of carbonyl (C=O) groups is 2. The molecule has 0 aliphatic rings. The van der Waals surface area contributed by atoms with E-state index in [9.17, 15) is 18.0 Å². The number of hydrogen-bond donors (Lipinski definition) is 0. The Bertz CT molecular complexity index is 1040. The fourth-order valence-electron chi connectivity index (χ4n) is 2.41. The SMILES string of the molecule is C=CCN(c1ccc(Cl)cc1)S(=O)(=O)c1cccc(C(=O)OCC(=O)C(C)(C)C)c1. The Hall–Kier alpha value is -2.64. The second kappa shape index (κ2) is 9.45. The summed E-state index contributed by atoms with van der Waals surface area (Å²) in [4.78, 5) is 24.2. The average Bonchev–Trinajstić information content (AvgIpc) is 2.70. The van der Waals surface area contributed by atoms with Crippen LogP contribution in [0.5, 0.6) is 0 Å². The van der Waals surface area contributed by atoms with Crippen LogP contribution in [-0.2, 0) is 19.6 Å². The van der Waals surface area contributed by atoms with Gasteiger partial charge in [-0.05, 0) is 42.5 Å². The van der Waals surface area contributed by atoms with E-state index in [1.54, 1.807) is 45.0 Å². The van der Waals surface area contributed by atoms with Crippen LogP contribution in [0, 0.1) is 5.41 Å². The Morgan fingerprint density at radius 1 is 1.13 bits per heavy atom. The van der Waals surface area contributed by atoms with Crippen molar-refractivity contribution in [3.05, 3.63) is 71.8 Å². The Kier molecular flexibility index (Phi) is 7.44. The van der Waals surface area contributed by atoms with Crippen molar-refractivity contribution < 1.29 is 22.7 Å². The summed E-state index contributed by atoms with van der Waals surface area (Å²) in [6.07, 6.45) is 1.46. The molecule has 0 amide bonds. The molecule has 0 unspecified atom stereocenters. The van der Waals surface area contributed by atoms with Crippen LogP contribution in [0.3, 0.4) is 0 Å². The number of benzene rings is 2. The summed E-state index contributed by atoms with van der Waals surface area (Å²) in [7, 11) is -4.00. The lowest BCUT2D eigenvalue weighted by molar-refractivity contribution is -0.129. The monoisotopic (exact) mass is 449 g/mol. The van der Waals surface area contributed by atoms with Crippen LogP contribution in [-0.4, -0.2) is 33.3 Å². The molecule has 0 heterocycles. The highest BCUT2D eigenvalue weighted by Gasteiger charge is 2.26. The number of nitrogens with zero attached hydrogens (tertiary/aromatic N) is 1. The van der Waals surface area contributed by atoms with E-state index in [0.717, 1.165) is 4.31 Å². The van der Waals surface area contributed by atoms with E-state index in [0.29, 0.717) is 10.7 Å². The van der Waals surface area contributed by atoms with Gasteiger partial charge >= 0.3 is 5.97 Å². The van der Waals surface area contributed by atoms with Crippen molar-refractivity contribution in [2.24, 2.45) is 5.41 Å². The topological polar surface area (TPSA) is 80.8 Å². The first-order chi connectivity index (χ1) is 14.0. The standard InChI is InChI=1S/C22H24ClNO5S/c1-5-13-24(18-11-9-17(23)10-12-18)30(27,28)19-8-6-7-16(14-19)21(26)29-15-20(25)22(2,3)4/h5-12,14H,1,13,15H2,2-4H3. The van der Waals surface area contributed by atoms with Crippen molar-refractivity contribution in [3.63, 3.8) is 0 Å². The highest BCUT2D eigenvalue weighted by atomic mass is 35.5. The van der Waals surface area contributed by atoms with Crippen LogP contribution < -0.4 is 4.31 Å². The van der Waals surface area contributed by atoms with Gasteiger partial charge in [-0.15, -0.1) is 6.58 Å². The molecule has 2 aromatic carbocycles. The number of ketones is 1. The Balaban J connectivity index is 2.31. The number of sulfonamides is 1. The van der Waals surface area contributed by atoms with Crippen molar-refractivity contribution >= 4 is 39.1 Å². The van der Waals surface area contributed by atoms with Gasteiger partial charge in [-0.1, -0.05) is 44.5 Å². The summed E-state index contributed by atoms with van der Waals surface area (Å²) in [5.74, 6) is -1.01. The van der Waals surface area contributed by atoms with Gasteiger partial charge in [0.2, 0.25) is 0 Å². The average molecular weight is 450 g/mol. The molecular formula is C22H24ClNO5S. The molecule has 30 heavy (non-hydrogen) atoms. The number of esters is 1. The first-order valence-electron chi connectivity index (χ1n) is 9.16. The molecule has 160 valence electrons. The van der Waals surface area contributed by atoms with Crippen molar-refractivity contribution in [1.29, 1.82) is 0 Å². The van der Waals surface area contributed by atoms with Gasteiger partial charge in [0.15, 0.2) is 12.4 Å². The van der Waals surface area contributed by atoms with Gasteiger partial charge in [-0.2, -0.15) is 0 Å². The molecule has 0 saturated heterocycles. The van der Waals surface area contributed by atoms with Gasteiger partial charge in [0.1, 0.15) is 0 Å². The number of rotatable bonds is 8. The summed E-state index contributed by atoms with van der Waals surface area (Å²) in [6.45, 7) is 8.43. The zero-order valence-corrected chi connectivity index (χ0v) is 18.7. The maximum absolute atomic E-state index is 13.2. The third kappa shape index (κ3) is 5.70. The molecule has 0 bridgehead atoms. The molecule has 2 rings (SSSR count). The first kappa shape index (κ1) is 23.6. The fraction of sp³-hybridized carbons (Fsp3) is 0.273. The van der Waals surface area contributed by atoms with Crippen molar-refractivity contribution in [2.45, 2.75) is 25.7 Å². The lowest BCUT2D eigenvalue weighted by Crippen LogP contribution is -2.31. The number of anilines is 1. The number of ether oxygens (including phenoxy) is 1. The van der Waals surface area contributed by atoms with E-state index in [2.05, 4.69) is 6.58 Å². The van der Waals surface area contributed by atoms with Crippen LogP contribution in [0.25, 0.3) is 0 Å². The molecule has 0 atom stereocenters. The lowest BCUT2D eigenvalue weighted by atomic mass is 9.91. The summed E-state index contributed by atoms with van der Waals surface area (Å²) in [6, 6.07) is 11.8. The van der Waals surface area contributed by atoms with Crippen molar-refractivity contribution in [1.82, 2.24) is 0 Å². The molecule has 0 aliphatic carbocycles. The number of hydrogen-bond acceptors (Lipinski definition) is 5. The van der Waals surface area contributed by atoms with Crippen LogP contribution in [0.2, 0.25) is 5.02 Å². The molecule has 0 N–H and O–H groups in total. The molecule has 0 aliphatic heterocycles. The maximum Gasteiger partial charge on any atom is 0.338 e. The minimum Gasteiger partial charge on any atom is -0.454 e. The summed E-state index contributed by atoms with van der Waals surface area (Å²) in [5.41, 5.74) is -0.203. The van der Waals surface area contributed by atoms with Crippen LogP contribution >= 0.6 is 11.6 Å². The maximum atomic E-state index is 13.2. The highest BCUT2D eigenvalue weighted by Crippen LogP contribution is 2.26. The molecule has 2 aromatic rings. The summed E-state index contributed by atoms with van der Waals surface area (Å²) >= 11 is 5.90. The van der Waals surface area contributed by atoms with E-state index in [1.807, 2.05) is 0 Å². The minimum absolute atomic E-state index is 0.0265. The molecule has 6 nitrogen and oxygen atoms in total. The van der Waals surface area contributed by atoms with Crippen LogP contribution in [0.15, 0.2) is 66.1 Å². The Morgan fingerprint density at radius 3 is 2.33 bits per heavy atom. The van der Waals surface area contributed by atoms with E-state index in [-0.39, 0.29) is 29.4 Å². The molecule has 0 spiro atoms. The fourth-order valence-corrected chi connectivity index (χ4v) is 4.02. The molecular weight excluding hydrogens is 426 g/mol. The largest absolute Gasteiger partial charge is 0.454 e. The van der Waals surface area contributed by atoms with Crippen LogP contribution in [0.4, 0.5) is 5.69 Å². The van der Waals surface area contributed by atoms with E-state index < -0.39 is 21.4 Å². The van der Waals surface area contributed by atoms with Crippen LogP contribution in [0.1, 0.15) is 31.1 Å². The van der Waals surface area contributed by atoms with E-state index in [4.69, 9.17) is 16.3 Å². The number of halogens is 1. The number of carbonyl (C=O) groups excluding carboxylic acids is 2. The third-order valence-corrected chi connectivity index (χ3v) is 6.28. The zero-order chi connectivity index (χ0) is 22.5. The predicted octanol–water partition coefficient (Wildman–Crippen LogP) is 4.49. The Labute approximate surface area is 182 Å². The second-order valence-electron chi connectivity index (χ2n) is 7.58. The van der Waals surface area contributed by atoms with E-state index >= 15 is 0 Å². The predicted molar refractivity (Wildman–Crippen MR) is 117 cm³/mol. The smallest absolute Gasteiger partial charge is 0.338 e. The molecule has 0 radical (unpaired) electrons. The summed E-state index contributed by atoms with van der Waals surface area (Å²) < 4.78 is 32.7. The molecule has 8 heteroatoms. The molecule has 0 saturated carbocycles. The Morgan fingerprint density at radius 2 is 1.77 bits per heavy atom. The van der Waals surface area contributed by atoms with Gasteiger partial charge in [-0.25, -0.2) is 13.2 Å². The quantitative estimate of drug-likeness (QED) is 0.438. The van der Waals surface area contributed by atoms with Crippen molar-refractivity contribution in [2.75, 3.05) is 17.5 Å². The van der Waals surface area contributed by atoms with Gasteiger partial charge in [-0.3, -0.25) is 9.10 Å². The number of Topliss-reactive ketones (excluding diaryl/α,β-unsaturated/α-hetero) is 1. The van der Waals surface area contributed by atoms with Crippen molar-refractivity contribution in [3.8, 4) is 0 Å². The second-order valence-corrected chi connectivity index (χ2v) is 9.88. The van der Waals surface area contributed by atoms with Gasteiger partial charge < -0.3 is 4.74 Å². The van der Waals surface area contributed by atoms with E-state index in [1.165, 1.54) is 30.3 Å². The molecule has 0 fully saturated rings. The van der Waals surface area contributed by atoms with Gasteiger partial charge in [0.05, 0.1) is 22.7 Å². The first-order valence-corrected chi connectivity index (χ1v) is 11.0. The minimum atomic E-state index is -4.00. The zero-order valence-electron chi connectivity index (χ0n) is 17.1. The third-order valence-electron chi connectivity index (χ3n) is 4.24. The normalized spacial score (nSPS) is 11.6. The summed E-state index contributed by atoms with van der Waals surface area (Å²) in [5, 5.41) is 0.476. The van der Waals surface area contributed by atoms with Gasteiger partial charge in [0.25, 0.3) is 10.0 Å². The highest BCUT2D eigenvalue weighted by molar-refractivity contribution is 7.92. The van der Waals surface area contributed by atoms with Gasteiger partial charge in [0, 0.05) is 10.4 Å². The lowest BCUT2D eigenvalue weighted by Gasteiger charge is -2.23.